The number of rotatable bonds is 7. The average molecular weight is 310 g/mol. The molecule has 2 amide bonds. The van der Waals surface area contributed by atoms with Gasteiger partial charge in [-0.2, -0.15) is 0 Å². The Morgan fingerprint density at radius 2 is 2.00 bits per heavy atom. The third kappa shape index (κ3) is 5.51. The third-order valence-electron chi connectivity index (χ3n) is 2.83. The van der Waals surface area contributed by atoms with Gasteiger partial charge in [0.05, 0.1) is 12.1 Å². The van der Waals surface area contributed by atoms with Gasteiger partial charge < -0.3 is 15.0 Å². The lowest BCUT2D eigenvalue weighted by molar-refractivity contribution is -0.138. The number of carbonyl (C=O) groups is 3. The van der Waals surface area contributed by atoms with Gasteiger partial charge in [-0.3, -0.25) is 9.59 Å². The number of likely N-dealkylation sites (N-methyl/N-ethyl adjacent to an activating group) is 2. The molecule has 1 rings (SSSR count). The van der Waals surface area contributed by atoms with Crippen molar-refractivity contribution in [3.8, 4) is 0 Å². The number of nitrogens with one attached hydrogen (secondary N) is 1. The molecular weight excluding hydrogens is 291 g/mol. The molecular formula is C15H19FN2O4. The van der Waals surface area contributed by atoms with Gasteiger partial charge in [0.25, 0.3) is 5.91 Å². The molecule has 22 heavy (non-hydrogen) atoms. The van der Waals surface area contributed by atoms with Crippen LogP contribution in [-0.4, -0.2) is 48.9 Å². The van der Waals surface area contributed by atoms with Crippen LogP contribution in [0.4, 0.5) is 4.39 Å². The van der Waals surface area contributed by atoms with Gasteiger partial charge in [0, 0.05) is 13.1 Å². The molecule has 0 aromatic heterocycles. The Hall–Kier alpha value is -2.44. The molecule has 0 aliphatic carbocycles. The molecule has 0 saturated heterocycles. The van der Waals surface area contributed by atoms with Crippen LogP contribution >= 0.6 is 0 Å². The first-order valence-corrected chi connectivity index (χ1v) is 6.95. The second-order valence-corrected chi connectivity index (χ2v) is 4.45. The molecule has 6 nitrogen and oxygen atoms in total. The zero-order chi connectivity index (χ0) is 16.5. The fraction of sp³-hybridized carbons (Fsp3) is 0.400. The molecule has 0 unspecified atom stereocenters. The van der Waals surface area contributed by atoms with Crippen LogP contribution in [0.25, 0.3) is 0 Å². The predicted molar refractivity (Wildman–Crippen MR) is 77.6 cm³/mol. The maximum Gasteiger partial charge on any atom is 0.338 e. The standard InChI is InChI=1S/C15H19FN2O4/c1-3-17-13(19)9-18(4-2)14(20)10-22-15(21)11-6-5-7-12(16)8-11/h5-8H,3-4,9-10H2,1-2H3,(H,17,19). The first-order chi connectivity index (χ1) is 10.5. The molecule has 7 heteroatoms. The van der Waals surface area contributed by atoms with Gasteiger partial charge in [0.1, 0.15) is 5.82 Å². The van der Waals surface area contributed by atoms with E-state index in [-0.39, 0.29) is 18.0 Å². The molecule has 0 aliphatic rings. The molecule has 0 atom stereocenters. The quantitative estimate of drug-likeness (QED) is 0.761. The monoisotopic (exact) mass is 310 g/mol. The summed E-state index contributed by atoms with van der Waals surface area (Å²) in [5.41, 5.74) is 0.0274. The zero-order valence-corrected chi connectivity index (χ0v) is 12.6. The Morgan fingerprint density at radius 1 is 1.27 bits per heavy atom. The predicted octanol–water partition coefficient (Wildman–Crippen LogP) is 0.967. The summed E-state index contributed by atoms with van der Waals surface area (Å²) < 4.78 is 17.8. The summed E-state index contributed by atoms with van der Waals surface area (Å²) in [4.78, 5) is 36.3. The number of benzene rings is 1. The van der Waals surface area contributed by atoms with Crippen molar-refractivity contribution in [3.05, 3.63) is 35.6 Å². The van der Waals surface area contributed by atoms with E-state index in [1.807, 2.05) is 0 Å². The Balaban J connectivity index is 2.53. The highest BCUT2D eigenvalue weighted by Crippen LogP contribution is 2.05. The SMILES string of the molecule is CCNC(=O)CN(CC)C(=O)COC(=O)c1cccc(F)c1. The van der Waals surface area contributed by atoms with Crippen molar-refractivity contribution in [3.63, 3.8) is 0 Å². The van der Waals surface area contributed by atoms with E-state index in [4.69, 9.17) is 4.74 Å². The van der Waals surface area contributed by atoms with E-state index in [1.165, 1.54) is 23.1 Å². The second kappa shape index (κ2) is 8.76. The lowest BCUT2D eigenvalue weighted by Gasteiger charge is -2.20. The van der Waals surface area contributed by atoms with Gasteiger partial charge in [-0.25, -0.2) is 9.18 Å². The van der Waals surface area contributed by atoms with E-state index in [1.54, 1.807) is 13.8 Å². The van der Waals surface area contributed by atoms with Gasteiger partial charge in [-0.05, 0) is 32.0 Å². The fourth-order valence-electron chi connectivity index (χ4n) is 1.72. The minimum atomic E-state index is -0.790. The molecule has 0 fully saturated rings. The summed E-state index contributed by atoms with van der Waals surface area (Å²) in [7, 11) is 0. The maximum atomic E-state index is 13.0. The van der Waals surface area contributed by atoms with Crippen LogP contribution < -0.4 is 5.32 Å². The number of esters is 1. The van der Waals surface area contributed by atoms with Crippen LogP contribution in [0.3, 0.4) is 0 Å². The van der Waals surface area contributed by atoms with Crippen molar-refractivity contribution >= 4 is 17.8 Å². The minimum Gasteiger partial charge on any atom is -0.452 e. The van der Waals surface area contributed by atoms with Gasteiger partial charge in [0.2, 0.25) is 5.91 Å². The van der Waals surface area contributed by atoms with E-state index in [0.29, 0.717) is 13.1 Å². The van der Waals surface area contributed by atoms with E-state index in [9.17, 15) is 18.8 Å². The van der Waals surface area contributed by atoms with Gasteiger partial charge in [0.15, 0.2) is 6.61 Å². The van der Waals surface area contributed by atoms with Crippen LogP contribution in [0.15, 0.2) is 24.3 Å². The fourth-order valence-corrected chi connectivity index (χ4v) is 1.72. The Labute approximate surface area is 128 Å². The summed E-state index contributed by atoms with van der Waals surface area (Å²) >= 11 is 0. The zero-order valence-electron chi connectivity index (χ0n) is 12.6. The number of hydrogen-bond donors (Lipinski definition) is 1. The summed E-state index contributed by atoms with van der Waals surface area (Å²) in [6.45, 7) is 3.68. The molecule has 0 heterocycles. The van der Waals surface area contributed by atoms with Crippen LogP contribution in [0, 0.1) is 5.82 Å². The van der Waals surface area contributed by atoms with Crippen molar-refractivity contribution in [2.24, 2.45) is 0 Å². The smallest absolute Gasteiger partial charge is 0.338 e. The minimum absolute atomic E-state index is 0.0274. The number of ether oxygens (including phenoxy) is 1. The number of nitrogens with zero attached hydrogens (tertiary/aromatic N) is 1. The second-order valence-electron chi connectivity index (χ2n) is 4.45. The molecule has 0 saturated carbocycles. The molecule has 0 radical (unpaired) electrons. The highest BCUT2D eigenvalue weighted by molar-refractivity contribution is 5.92. The molecule has 0 bridgehead atoms. The van der Waals surface area contributed by atoms with Crippen molar-refractivity contribution in [1.82, 2.24) is 10.2 Å². The highest BCUT2D eigenvalue weighted by atomic mass is 19.1. The van der Waals surface area contributed by atoms with E-state index in [0.717, 1.165) is 6.07 Å². The van der Waals surface area contributed by atoms with Crippen LogP contribution in [0.5, 0.6) is 0 Å². The number of halogens is 1. The first kappa shape index (κ1) is 17.6. The van der Waals surface area contributed by atoms with Gasteiger partial charge in [-0.1, -0.05) is 6.07 Å². The normalized spacial score (nSPS) is 9.95. The summed E-state index contributed by atoms with van der Waals surface area (Å²) in [6.07, 6.45) is 0. The van der Waals surface area contributed by atoms with E-state index in [2.05, 4.69) is 5.32 Å². The Morgan fingerprint density at radius 3 is 2.59 bits per heavy atom. The lowest BCUT2D eigenvalue weighted by Crippen LogP contribution is -2.42. The number of hydrogen-bond acceptors (Lipinski definition) is 4. The van der Waals surface area contributed by atoms with Crippen molar-refractivity contribution < 1.29 is 23.5 Å². The molecule has 120 valence electrons. The first-order valence-electron chi connectivity index (χ1n) is 6.95. The highest BCUT2D eigenvalue weighted by Gasteiger charge is 2.17. The summed E-state index contributed by atoms with van der Waals surface area (Å²) in [5, 5.41) is 2.58. The van der Waals surface area contributed by atoms with Crippen molar-refractivity contribution in [1.29, 1.82) is 0 Å². The lowest BCUT2D eigenvalue weighted by atomic mass is 10.2. The van der Waals surface area contributed by atoms with Gasteiger partial charge >= 0.3 is 5.97 Å². The molecule has 1 N–H and O–H groups in total. The molecule has 0 aliphatic heterocycles. The molecule has 1 aromatic rings. The van der Waals surface area contributed by atoms with Crippen LogP contribution in [-0.2, 0) is 14.3 Å². The van der Waals surface area contributed by atoms with E-state index < -0.39 is 24.3 Å². The van der Waals surface area contributed by atoms with Gasteiger partial charge in [-0.15, -0.1) is 0 Å². The Kier molecular flexibility index (Phi) is 7.01. The van der Waals surface area contributed by atoms with Crippen LogP contribution in [0.2, 0.25) is 0 Å². The summed E-state index contributed by atoms with van der Waals surface area (Å²) in [6, 6.07) is 5.00. The number of carbonyl (C=O) groups excluding carboxylic acids is 3. The Bertz CT molecular complexity index is 548. The van der Waals surface area contributed by atoms with Crippen molar-refractivity contribution in [2.45, 2.75) is 13.8 Å². The topological polar surface area (TPSA) is 75.7 Å². The molecule has 1 aromatic carbocycles. The van der Waals surface area contributed by atoms with Crippen molar-refractivity contribution in [2.75, 3.05) is 26.2 Å². The average Bonchev–Trinajstić information content (AvgIpc) is 2.50. The van der Waals surface area contributed by atoms with E-state index >= 15 is 0 Å². The third-order valence-corrected chi connectivity index (χ3v) is 2.83. The summed E-state index contributed by atoms with van der Waals surface area (Å²) in [5.74, 6) is -2.12. The van der Waals surface area contributed by atoms with Crippen LogP contribution in [0.1, 0.15) is 24.2 Å². The molecule has 0 spiro atoms. The largest absolute Gasteiger partial charge is 0.452 e. The number of amides is 2. The maximum absolute atomic E-state index is 13.0.